The zero-order valence-corrected chi connectivity index (χ0v) is 13.6. The van der Waals surface area contributed by atoms with Crippen LogP contribution in [0.4, 0.5) is 5.69 Å². The maximum absolute atomic E-state index is 5.62. The van der Waals surface area contributed by atoms with Crippen LogP contribution in [0.1, 0.15) is 33.3 Å². The molecule has 0 amide bonds. The lowest BCUT2D eigenvalue weighted by atomic mass is 10.0. The molecule has 98 valence electrons. The van der Waals surface area contributed by atoms with Crippen molar-refractivity contribution >= 4 is 38.8 Å². The number of thiocarbonyl (C=S) groups is 1. The summed E-state index contributed by atoms with van der Waals surface area (Å²) >= 11 is 8.54. The zero-order valence-electron chi connectivity index (χ0n) is 11.2. The quantitative estimate of drug-likeness (QED) is 0.826. The lowest BCUT2D eigenvalue weighted by Gasteiger charge is -2.11. The van der Waals surface area contributed by atoms with Gasteiger partial charge in [0.1, 0.15) is 4.99 Å². The highest BCUT2D eigenvalue weighted by Gasteiger charge is 2.64. The van der Waals surface area contributed by atoms with E-state index in [0.717, 1.165) is 15.7 Å². The van der Waals surface area contributed by atoms with E-state index in [1.165, 1.54) is 0 Å². The maximum atomic E-state index is 5.62. The van der Waals surface area contributed by atoms with Gasteiger partial charge < -0.3 is 11.1 Å². The summed E-state index contributed by atoms with van der Waals surface area (Å²) in [5.74, 6) is 0. The van der Waals surface area contributed by atoms with E-state index < -0.39 is 0 Å². The first kappa shape index (κ1) is 13.8. The molecule has 1 saturated carbocycles. The Labute approximate surface area is 122 Å². The van der Waals surface area contributed by atoms with E-state index in [4.69, 9.17) is 18.0 Å². The lowest BCUT2D eigenvalue weighted by Crippen LogP contribution is -2.12. The third kappa shape index (κ3) is 2.05. The Morgan fingerprint density at radius 3 is 2.22 bits per heavy atom. The number of benzene rings is 1. The Hall–Kier alpha value is -0.610. The molecule has 0 atom stereocenters. The van der Waals surface area contributed by atoms with Gasteiger partial charge in [0.05, 0.1) is 0 Å². The molecule has 1 aromatic carbocycles. The predicted octanol–water partition coefficient (Wildman–Crippen LogP) is 3.93. The second kappa shape index (κ2) is 4.20. The molecular weight excluding hydrogens is 308 g/mol. The van der Waals surface area contributed by atoms with E-state index in [1.807, 2.05) is 18.2 Å². The Morgan fingerprint density at radius 1 is 1.28 bits per heavy atom. The van der Waals surface area contributed by atoms with Gasteiger partial charge in [-0.05, 0) is 45.0 Å². The first-order valence-corrected chi connectivity index (χ1v) is 7.24. The van der Waals surface area contributed by atoms with Crippen molar-refractivity contribution in [2.24, 2.45) is 16.6 Å². The van der Waals surface area contributed by atoms with Crippen LogP contribution in [0.2, 0.25) is 0 Å². The van der Waals surface area contributed by atoms with Gasteiger partial charge in [-0.3, -0.25) is 0 Å². The first-order chi connectivity index (χ1) is 8.18. The van der Waals surface area contributed by atoms with Crippen molar-refractivity contribution in [2.45, 2.75) is 33.7 Å². The summed E-state index contributed by atoms with van der Waals surface area (Å²) in [6.07, 6.45) is 0. The van der Waals surface area contributed by atoms with Crippen LogP contribution in [0.25, 0.3) is 0 Å². The van der Waals surface area contributed by atoms with Crippen molar-refractivity contribution < 1.29 is 0 Å². The van der Waals surface area contributed by atoms with E-state index >= 15 is 0 Å². The Kier molecular flexibility index (Phi) is 3.23. The fourth-order valence-corrected chi connectivity index (χ4v) is 3.12. The number of nitrogens with two attached hydrogens (primary N) is 1. The van der Waals surface area contributed by atoms with Gasteiger partial charge >= 0.3 is 0 Å². The van der Waals surface area contributed by atoms with Gasteiger partial charge in [-0.25, -0.2) is 0 Å². The molecule has 0 spiro atoms. The molecule has 0 aromatic heterocycles. The molecule has 2 nitrogen and oxygen atoms in total. The average molecular weight is 327 g/mol. The third-order valence-corrected chi connectivity index (χ3v) is 5.47. The summed E-state index contributed by atoms with van der Waals surface area (Å²) in [5.41, 5.74) is 8.23. The van der Waals surface area contributed by atoms with Crippen LogP contribution in [0.3, 0.4) is 0 Å². The summed E-state index contributed by atoms with van der Waals surface area (Å²) in [7, 11) is 0. The highest BCUT2D eigenvalue weighted by molar-refractivity contribution is 9.10. The zero-order chi connectivity index (χ0) is 13.7. The normalized spacial score (nSPS) is 20.5. The van der Waals surface area contributed by atoms with Crippen molar-refractivity contribution in [1.29, 1.82) is 0 Å². The molecule has 4 heteroatoms. The lowest BCUT2D eigenvalue weighted by molar-refractivity contribution is 0.457. The summed E-state index contributed by atoms with van der Waals surface area (Å²) in [6, 6.07) is 6.44. The van der Waals surface area contributed by atoms with Crippen LogP contribution in [-0.2, 0) is 0 Å². The molecule has 0 aliphatic heterocycles. The second-order valence-corrected chi connectivity index (χ2v) is 7.37. The summed E-state index contributed by atoms with van der Waals surface area (Å²) in [6.45, 7) is 9.17. The number of anilines is 1. The standard InChI is InChI=1S/C14H19BrN2S/c1-13(2)12(14(13,3)4)17-10-6-5-8(11(16)18)7-9(10)15/h5-7,12,17H,1-4H3,(H2,16,18). The van der Waals surface area contributed by atoms with Gasteiger partial charge in [0.15, 0.2) is 0 Å². The van der Waals surface area contributed by atoms with Crippen molar-refractivity contribution in [2.75, 3.05) is 5.32 Å². The van der Waals surface area contributed by atoms with Gasteiger partial charge in [-0.15, -0.1) is 0 Å². The number of halogens is 1. The van der Waals surface area contributed by atoms with Crippen molar-refractivity contribution in [1.82, 2.24) is 0 Å². The van der Waals surface area contributed by atoms with E-state index in [9.17, 15) is 0 Å². The van der Waals surface area contributed by atoms with Crippen molar-refractivity contribution in [3.8, 4) is 0 Å². The minimum atomic E-state index is 0.314. The topological polar surface area (TPSA) is 38.0 Å². The van der Waals surface area contributed by atoms with Gasteiger partial charge in [-0.2, -0.15) is 0 Å². The molecule has 1 aliphatic rings. The van der Waals surface area contributed by atoms with Gasteiger partial charge in [-0.1, -0.05) is 39.9 Å². The molecule has 0 saturated heterocycles. The van der Waals surface area contributed by atoms with Crippen LogP contribution in [-0.4, -0.2) is 11.0 Å². The van der Waals surface area contributed by atoms with E-state index in [0.29, 0.717) is 21.9 Å². The Morgan fingerprint density at radius 2 is 1.83 bits per heavy atom. The number of rotatable bonds is 3. The minimum Gasteiger partial charge on any atom is -0.389 e. The van der Waals surface area contributed by atoms with Crippen LogP contribution in [0.15, 0.2) is 22.7 Å². The largest absolute Gasteiger partial charge is 0.389 e. The molecule has 1 fully saturated rings. The fourth-order valence-electron chi connectivity index (χ4n) is 2.50. The smallest absolute Gasteiger partial charge is 0.104 e. The van der Waals surface area contributed by atoms with E-state index in [2.05, 4.69) is 48.9 Å². The molecule has 0 heterocycles. The predicted molar refractivity (Wildman–Crippen MR) is 85.0 cm³/mol. The minimum absolute atomic E-state index is 0.314. The fraction of sp³-hybridized carbons (Fsp3) is 0.500. The van der Waals surface area contributed by atoms with Gasteiger partial charge in [0.25, 0.3) is 0 Å². The molecule has 0 bridgehead atoms. The molecule has 18 heavy (non-hydrogen) atoms. The van der Waals surface area contributed by atoms with Crippen LogP contribution in [0, 0.1) is 10.8 Å². The molecule has 2 rings (SSSR count). The Balaban J connectivity index is 2.20. The molecule has 0 radical (unpaired) electrons. The van der Waals surface area contributed by atoms with Crippen LogP contribution < -0.4 is 11.1 Å². The van der Waals surface area contributed by atoms with Crippen molar-refractivity contribution in [3.63, 3.8) is 0 Å². The number of hydrogen-bond acceptors (Lipinski definition) is 2. The third-order valence-electron chi connectivity index (χ3n) is 4.57. The molecule has 1 aliphatic carbocycles. The average Bonchev–Trinajstić information content (AvgIpc) is 2.63. The summed E-state index contributed by atoms with van der Waals surface area (Å²) in [4.78, 5) is 0.425. The monoisotopic (exact) mass is 326 g/mol. The highest BCUT2D eigenvalue weighted by Crippen LogP contribution is 2.63. The van der Waals surface area contributed by atoms with Crippen LogP contribution in [0.5, 0.6) is 0 Å². The van der Waals surface area contributed by atoms with Gasteiger partial charge in [0, 0.05) is 21.8 Å². The van der Waals surface area contributed by atoms with Crippen molar-refractivity contribution in [3.05, 3.63) is 28.2 Å². The second-order valence-electron chi connectivity index (χ2n) is 6.08. The SMILES string of the molecule is CC1(C)C(Nc2ccc(C(N)=S)cc2Br)C1(C)C. The molecular formula is C14H19BrN2S. The summed E-state index contributed by atoms with van der Waals surface area (Å²) < 4.78 is 1.01. The number of nitrogens with one attached hydrogen (secondary N) is 1. The van der Waals surface area contributed by atoms with E-state index in [-0.39, 0.29) is 0 Å². The molecule has 0 unspecified atom stereocenters. The Bertz CT molecular complexity index is 495. The summed E-state index contributed by atoms with van der Waals surface area (Å²) in [5, 5.41) is 3.60. The maximum Gasteiger partial charge on any atom is 0.104 e. The molecule has 3 N–H and O–H groups in total. The van der Waals surface area contributed by atoms with Gasteiger partial charge in [0.2, 0.25) is 0 Å². The first-order valence-electron chi connectivity index (χ1n) is 6.04. The van der Waals surface area contributed by atoms with E-state index in [1.54, 1.807) is 0 Å². The highest BCUT2D eigenvalue weighted by atomic mass is 79.9. The number of hydrogen-bond donors (Lipinski definition) is 2. The van der Waals surface area contributed by atoms with Crippen LogP contribution >= 0.6 is 28.1 Å². The molecule has 1 aromatic rings.